The Morgan fingerprint density at radius 1 is 0.680 bits per heavy atom. The van der Waals surface area contributed by atoms with Gasteiger partial charge in [-0.2, -0.15) is 0 Å². The lowest BCUT2D eigenvalue weighted by atomic mass is 10.3. The highest BCUT2D eigenvalue weighted by Gasteiger charge is 2.32. The molecule has 0 spiro atoms. The molecule has 148 valence electrons. The molecular weight excluding hydrogens is 344 g/mol. The summed E-state index contributed by atoms with van der Waals surface area (Å²) in [5.74, 6) is 0. The van der Waals surface area contributed by atoms with Crippen molar-refractivity contribution < 1.29 is 13.6 Å². The second-order valence-electron chi connectivity index (χ2n) is 8.56. The van der Waals surface area contributed by atoms with Crippen molar-refractivity contribution in [2.45, 2.75) is 77.8 Å². The monoisotopic (exact) mass is 386 g/mol. The van der Waals surface area contributed by atoms with Gasteiger partial charge in [0.2, 0.25) is 0 Å². The fourth-order valence-corrected chi connectivity index (χ4v) is 11.9. The second kappa shape index (κ2) is 13.0. The number of unbranched alkanes of at least 4 members (excludes halogenated alkanes) is 2. The van der Waals surface area contributed by atoms with Crippen molar-refractivity contribution in [2.24, 2.45) is 0 Å². The van der Waals surface area contributed by atoms with Gasteiger partial charge in [-0.1, -0.05) is 37.1 Å². The molecule has 0 saturated carbocycles. The molecule has 0 aliphatic carbocycles. The summed E-state index contributed by atoms with van der Waals surface area (Å²) in [6, 6.07) is 2.45. The maximum Gasteiger partial charge on any atom is 0.173 e. The quantitative estimate of drug-likeness (QED) is 0.181. The Kier molecular flexibility index (Phi) is 12.9. The predicted octanol–water partition coefficient (Wildman–Crippen LogP) is 6.16. The van der Waals surface area contributed by atoms with Gasteiger partial charge in [-0.15, -0.1) is 0 Å². The van der Waals surface area contributed by atoms with E-state index in [0.29, 0.717) is 13.2 Å². The first-order chi connectivity index (χ1) is 11.5. The molecule has 0 rings (SSSR count). The van der Waals surface area contributed by atoms with Crippen LogP contribution in [0.1, 0.15) is 39.5 Å². The van der Waals surface area contributed by atoms with E-state index in [0.717, 1.165) is 37.2 Å². The van der Waals surface area contributed by atoms with Crippen molar-refractivity contribution >= 4 is 16.6 Å². The van der Waals surface area contributed by atoms with Crippen molar-refractivity contribution in [1.29, 1.82) is 0 Å². The summed E-state index contributed by atoms with van der Waals surface area (Å²) in [6.45, 7) is 24.2. The van der Waals surface area contributed by atoms with E-state index in [2.05, 4.69) is 39.3 Å². The Morgan fingerprint density at radius 3 is 1.36 bits per heavy atom. The Balaban J connectivity index is 3.87. The fourth-order valence-electron chi connectivity index (χ4n) is 2.85. The van der Waals surface area contributed by atoms with E-state index in [1.54, 1.807) is 0 Å². The first kappa shape index (κ1) is 24.8. The van der Waals surface area contributed by atoms with Gasteiger partial charge in [0.15, 0.2) is 16.6 Å². The lowest BCUT2D eigenvalue weighted by Crippen LogP contribution is -2.44. The summed E-state index contributed by atoms with van der Waals surface area (Å²) in [7, 11) is -3.13. The van der Waals surface area contributed by atoms with Crippen LogP contribution in [-0.4, -0.2) is 43.1 Å². The van der Waals surface area contributed by atoms with Gasteiger partial charge < -0.3 is 13.6 Å². The fraction of sp³-hybridized carbons (Fsp3) is 0.800. The van der Waals surface area contributed by atoms with E-state index in [9.17, 15) is 0 Å². The van der Waals surface area contributed by atoms with E-state index in [1.807, 2.05) is 13.8 Å². The van der Waals surface area contributed by atoms with E-state index in [4.69, 9.17) is 13.6 Å². The molecule has 25 heavy (non-hydrogen) atoms. The molecule has 0 heterocycles. The standard InChI is InChI=1S/C20H42O3Si2/c1-19(2)17-21-13-9-11-15-24(5,6)23-25(7,8)16-12-10-14-22-18-20(3)4/h1,3,9-18H2,2,4-8H3. The van der Waals surface area contributed by atoms with E-state index in [1.165, 1.54) is 24.9 Å². The first-order valence-electron chi connectivity index (χ1n) is 9.68. The van der Waals surface area contributed by atoms with Gasteiger partial charge in [-0.25, -0.2) is 0 Å². The van der Waals surface area contributed by atoms with Gasteiger partial charge in [0, 0.05) is 13.2 Å². The zero-order valence-corrected chi connectivity index (χ0v) is 19.7. The Hall–Kier alpha value is -0.206. The van der Waals surface area contributed by atoms with Crippen LogP contribution in [0.4, 0.5) is 0 Å². The van der Waals surface area contributed by atoms with Crippen LogP contribution in [0, 0.1) is 0 Å². The summed E-state index contributed by atoms with van der Waals surface area (Å²) in [6.07, 6.45) is 4.65. The lowest BCUT2D eigenvalue weighted by molar-refractivity contribution is 0.152. The number of ether oxygens (including phenoxy) is 2. The van der Waals surface area contributed by atoms with Crippen LogP contribution in [0.2, 0.25) is 38.3 Å². The van der Waals surface area contributed by atoms with Gasteiger partial charge >= 0.3 is 0 Å². The molecule has 0 atom stereocenters. The van der Waals surface area contributed by atoms with Gasteiger partial charge in [0.05, 0.1) is 13.2 Å². The maximum absolute atomic E-state index is 6.68. The summed E-state index contributed by atoms with van der Waals surface area (Å²) in [5.41, 5.74) is 2.19. The smallest absolute Gasteiger partial charge is 0.173 e. The van der Waals surface area contributed by atoms with Gasteiger partial charge in [-0.05, 0) is 65.0 Å². The third-order valence-corrected chi connectivity index (χ3v) is 11.4. The van der Waals surface area contributed by atoms with E-state index in [-0.39, 0.29) is 0 Å². The summed E-state index contributed by atoms with van der Waals surface area (Å²) < 4.78 is 17.8. The molecule has 0 amide bonds. The Morgan fingerprint density at radius 2 is 1.04 bits per heavy atom. The predicted molar refractivity (Wildman–Crippen MR) is 115 cm³/mol. The molecular formula is C20H42O3Si2. The van der Waals surface area contributed by atoms with Gasteiger partial charge in [0.1, 0.15) is 0 Å². The third-order valence-electron chi connectivity index (χ3n) is 3.88. The van der Waals surface area contributed by atoms with Gasteiger partial charge in [0.25, 0.3) is 0 Å². The molecule has 0 aliphatic rings. The molecule has 0 aliphatic heterocycles. The van der Waals surface area contributed by atoms with Crippen LogP contribution in [0.3, 0.4) is 0 Å². The largest absolute Gasteiger partial charge is 0.455 e. The molecule has 0 bridgehead atoms. The molecule has 0 radical (unpaired) electrons. The first-order valence-corrected chi connectivity index (χ1v) is 15.9. The van der Waals surface area contributed by atoms with Crippen LogP contribution in [0.5, 0.6) is 0 Å². The van der Waals surface area contributed by atoms with E-state index >= 15 is 0 Å². The third kappa shape index (κ3) is 17.0. The maximum atomic E-state index is 6.68. The van der Waals surface area contributed by atoms with Crippen molar-refractivity contribution in [3.63, 3.8) is 0 Å². The van der Waals surface area contributed by atoms with Crippen LogP contribution < -0.4 is 0 Å². The van der Waals surface area contributed by atoms with Crippen molar-refractivity contribution in [2.75, 3.05) is 26.4 Å². The Bertz CT molecular complexity index is 356. The summed E-state index contributed by atoms with van der Waals surface area (Å²) >= 11 is 0. The molecule has 0 aromatic carbocycles. The minimum Gasteiger partial charge on any atom is -0.455 e. The SMILES string of the molecule is C=C(C)COCCCC[Si](C)(C)O[Si](C)(C)CCCCOCC(=C)C. The minimum atomic E-state index is -1.57. The topological polar surface area (TPSA) is 27.7 Å². The van der Waals surface area contributed by atoms with Crippen LogP contribution in [-0.2, 0) is 13.6 Å². The van der Waals surface area contributed by atoms with Crippen LogP contribution in [0.25, 0.3) is 0 Å². The number of hydrogen-bond acceptors (Lipinski definition) is 3. The molecule has 3 nitrogen and oxygen atoms in total. The van der Waals surface area contributed by atoms with E-state index < -0.39 is 16.6 Å². The summed E-state index contributed by atoms with van der Waals surface area (Å²) in [5, 5.41) is 0. The van der Waals surface area contributed by atoms with Crippen LogP contribution in [0.15, 0.2) is 24.3 Å². The molecule has 0 unspecified atom stereocenters. The van der Waals surface area contributed by atoms with Crippen LogP contribution >= 0.6 is 0 Å². The lowest BCUT2D eigenvalue weighted by Gasteiger charge is -2.34. The highest BCUT2D eigenvalue weighted by molar-refractivity contribution is 6.84. The average molecular weight is 387 g/mol. The van der Waals surface area contributed by atoms with Gasteiger partial charge in [-0.3, -0.25) is 0 Å². The zero-order valence-electron chi connectivity index (χ0n) is 17.7. The van der Waals surface area contributed by atoms with Crippen molar-refractivity contribution in [3.8, 4) is 0 Å². The normalized spacial score (nSPS) is 12.4. The number of hydrogen-bond donors (Lipinski definition) is 0. The Labute approximate surface area is 159 Å². The van der Waals surface area contributed by atoms with Crippen molar-refractivity contribution in [1.82, 2.24) is 0 Å². The van der Waals surface area contributed by atoms with Crippen molar-refractivity contribution in [3.05, 3.63) is 24.3 Å². The molecule has 0 aromatic heterocycles. The minimum absolute atomic E-state index is 0.688. The summed E-state index contributed by atoms with van der Waals surface area (Å²) in [4.78, 5) is 0. The highest BCUT2D eigenvalue weighted by Crippen LogP contribution is 2.24. The highest BCUT2D eigenvalue weighted by atomic mass is 28.4. The molecule has 0 N–H and O–H groups in total. The number of rotatable bonds is 16. The second-order valence-corrected chi connectivity index (χ2v) is 17.4. The molecule has 0 aromatic rings. The molecule has 0 saturated heterocycles. The molecule has 0 fully saturated rings. The molecule has 5 heteroatoms. The zero-order chi connectivity index (χ0) is 19.3. The average Bonchev–Trinajstić information content (AvgIpc) is 2.44.